The fourth-order valence-electron chi connectivity index (χ4n) is 2.81. The van der Waals surface area contributed by atoms with Crippen LogP contribution in [0.25, 0.3) is 10.8 Å². The minimum Gasteiger partial charge on any atom is -0.265 e. The Kier molecular flexibility index (Phi) is 5.61. The molecule has 3 aromatic carbocycles. The van der Waals surface area contributed by atoms with E-state index in [2.05, 4.69) is 19.0 Å². The topological polar surface area (TPSA) is 55.7 Å². The van der Waals surface area contributed by atoms with Crippen LogP contribution < -0.4 is 0 Å². The third-order valence-electron chi connectivity index (χ3n) is 4.79. The average molecular weight is 381 g/mol. The lowest BCUT2D eigenvalue weighted by Gasteiger charge is -2.09. The highest BCUT2D eigenvalue weighted by Crippen LogP contribution is 2.21. The predicted octanol–water partition coefficient (Wildman–Crippen LogP) is 5.48. The molecule has 1 unspecified atom stereocenters. The molecule has 0 aliphatic rings. The van der Waals surface area contributed by atoms with Crippen molar-refractivity contribution in [1.82, 2.24) is 0 Å². The molecule has 140 valence electrons. The first-order chi connectivity index (χ1) is 12.9. The van der Waals surface area contributed by atoms with Gasteiger partial charge in [-0.2, -0.15) is 8.42 Å². The molecule has 5 heteroatoms. The van der Waals surface area contributed by atoms with Crippen molar-refractivity contribution in [3.8, 4) is 0 Å². The van der Waals surface area contributed by atoms with Crippen LogP contribution in [0.1, 0.15) is 44.2 Å². The summed E-state index contributed by atoms with van der Waals surface area (Å²) in [5.74, 6) is 0.487. The summed E-state index contributed by atoms with van der Waals surface area (Å²) in [4.78, 5) is 0.0878. The summed E-state index contributed by atoms with van der Waals surface area (Å²) in [6.45, 7) is 6.06. The van der Waals surface area contributed by atoms with E-state index in [0.717, 1.165) is 22.8 Å². The molecule has 0 amide bonds. The lowest BCUT2D eigenvalue weighted by Crippen LogP contribution is -2.05. The van der Waals surface area contributed by atoms with Gasteiger partial charge in [0.25, 0.3) is 0 Å². The van der Waals surface area contributed by atoms with Gasteiger partial charge in [0, 0.05) is 0 Å². The molecule has 0 heterocycles. The molecule has 0 spiro atoms. The van der Waals surface area contributed by atoms with Gasteiger partial charge in [-0.15, -0.1) is 0 Å². The predicted molar refractivity (Wildman–Crippen MR) is 110 cm³/mol. The van der Waals surface area contributed by atoms with Crippen molar-refractivity contribution in [2.75, 3.05) is 0 Å². The van der Waals surface area contributed by atoms with Gasteiger partial charge in [0.1, 0.15) is 4.90 Å². The van der Waals surface area contributed by atoms with Crippen molar-refractivity contribution in [2.24, 2.45) is 5.16 Å². The third-order valence-corrected chi connectivity index (χ3v) is 5.89. The van der Waals surface area contributed by atoms with E-state index in [1.165, 1.54) is 11.6 Å². The quantitative estimate of drug-likeness (QED) is 0.419. The first kappa shape index (κ1) is 19.1. The van der Waals surface area contributed by atoms with Crippen LogP contribution >= 0.6 is 0 Å². The zero-order chi connectivity index (χ0) is 19.4. The van der Waals surface area contributed by atoms with Crippen molar-refractivity contribution in [3.05, 3.63) is 77.9 Å². The van der Waals surface area contributed by atoms with Crippen LogP contribution in [-0.4, -0.2) is 14.1 Å². The molecule has 0 aliphatic carbocycles. The summed E-state index contributed by atoms with van der Waals surface area (Å²) in [6.07, 6.45) is 1.07. The largest absolute Gasteiger partial charge is 0.358 e. The maximum absolute atomic E-state index is 12.5. The molecule has 0 aliphatic heterocycles. The Morgan fingerprint density at radius 3 is 2.33 bits per heavy atom. The summed E-state index contributed by atoms with van der Waals surface area (Å²) in [6, 6.07) is 20.4. The maximum atomic E-state index is 12.5. The van der Waals surface area contributed by atoms with E-state index in [9.17, 15) is 8.42 Å². The van der Waals surface area contributed by atoms with Gasteiger partial charge in [0.2, 0.25) is 0 Å². The molecule has 27 heavy (non-hydrogen) atoms. The average Bonchev–Trinajstić information content (AvgIpc) is 2.71. The number of oxime groups is 1. The Morgan fingerprint density at radius 1 is 1.00 bits per heavy atom. The Labute approximate surface area is 160 Å². The molecular weight excluding hydrogens is 358 g/mol. The van der Waals surface area contributed by atoms with Crippen LogP contribution in [-0.2, 0) is 14.4 Å². The van der Waals surface area contributed by atoms with Crippen molar-refractivity contribution < 1.29 is 12.7 Å². The smallest absolute Gasteiger partial charge is 0.265 e. The van der Waals surface area contributed by atoms with Crippen LogP contribution in [0.5, 0.6) is 0 Å². The summed E-state index contributed by atoms with van der Waals surface area (Å²) in [5.41, 5.74) is 2.59. The minimum absolute atomic E-state index is 0.0878. The van der Waals surface area contributed by atoms with E-state index in [1.54, 1.807) is 19.1 Å². The van der Waals surface area contributed by atoms with Gasteiger partial charge in [-0.1, -0.05) is 73.6 Å². The molecular formula is C22H23NO3S. The van der Waals surface area contributed by atoms with Gasteiger partial charge in [0.15, 0.2) is 0 Å². The molecule has 3 aromatic rings. The van der Waals surface area contributed by atoms with Crippen LogP contribution in [0.3, 0.4) is 0 Å². The molecule has 0 N–H and O–H groups in total. The van der Waals surface area contributed by atoms with Crippen LogP contribution in [0.4, 0.5) is 0 Å². The Morgan fingerprint density at radius 2 is 1.67 bits per heavy atom. The standard InChI is InChI=1S/C22H23NO3S/c1-4-16(2)18-9-11-19(12-10-18)17(3)23-26-27(24,25)22-14-13-20-7-5-6-8-21(20)15-22/h5-16H,4H2,1-3H3/b23-17-. The Hall–Kier alpha value is -2.66. The fourth-order valence-corrected chi connectivity index (χ4v) is 3.61. The van der Waals surface area contributed by atoms with Gasteiger partial charge in [-0.25, -0.2) is 0 Å². The zero-order valence-corrected chi connectivity index (χ0v) is 16.5. The second-order valence-electron chi connectivity index (χ2n) is 6.65. The normalized spacial score (nSPS) is 13.5. The summed E-state index contributed by atoms with van der Waals surface area (Å²) >= 11 is 0. The number of fused-ring (bicyclic) bond motifs is 1. The summed E-state index contributed by atoms with van der Waals surface area (Å²) in [7, 11) is -3.97. The highest BCUT2D eigenvalue weighted by atomic mass is 32.2. The number of hydrogen-bond donors (Lipinski definition) is 0. The van der Waals surface area contributed by atoms with Gasteiger partial charge in [-0.3, -0.25) is 4.28 Å². The second kappa shape index (κ2) is 7.92. The van der Waals surface area contributed by atoms with E-state index >= 15 is 0 Å². The van der Waals surface area contributed by atoms with E-state index in [0.29, 0.717) is 11.6 Å². The van der Waals surface area contributed by atoms with Gasteiger partial charge in [-0.05, 0) is 53.3 Å². The number of rotatable bonds is 6. The SMILES string of the molecule is CCC(C)c1ccc(/C(C)=N\OS(=O)(=O)c2ccc3ccccc3c2)cc1. The van der Waals surface area contributed by atoms with Gasteiger partial charge < -0.3 is 0 Å². The third kappa shape index (κ3) is 4.37. The van der Waals surface area contributed by atoms with Crippen LogP contribution in [0.15, 0.2) is 76.8 Å². The molecule has 0 aromatic heterocycles. The Bertz CT molecular complexity index is 1070. The number of benzene rings is 3. The van der Waals surface area contributed by atoms with Crippen molar-refractivity contribution >= 4 is 26.6 Å². The van der Waals surface area contributed by atoms with Gasteiger partial charge in [0.05, 0.1) is 5.71 Å². The molecule has 1 atom stereocenters. The first-order valence-electron chi connectivity index (χ1n) is 8.98. The van der Waals surface area contributed by atoms with E-state index < -0.39 is 10.1 Å². The molecule has 0 saturated carbocycles. The van der Waals surface area contributed by atoms with Gasteiger partial charge >= 0.3 is 10.1 Å². The van der Waals surface area contributed by atoms with Crippen LogP contribution in [0.2, 0.25) is 0 Å². The number of hydrogen-bond acceptors (Lipinski definition) is 4. The second-order valence-corrected chi connectivity index (χ2v) is 8.17. The highest BCUT2D eigenvalue weighted by molar-refractivity contribution is 7.86. The molecule has 0 fully saturated rings. The lowest BCUT2D eigenvalue weighted by molar-refractivity contribution is 0.339. The first-order valence-corrected chi connectivity index (χ1v) is 10.4. The molecule has 4 nitrogen and oxygen atoms in total. The summed E-state index contributed by atoms with van der Waals surface area (Å²) in [5, 5.41) is 5.65. The fraction of sp³-hybridized carbons (Fsp3) is 0.227. The van der Waals surface area contributed by atoms with E-state index in [-0.39, 0.29) is 4.90 Å². The summed E-state index contributed by atoms with van der Waals surface area (Å²) < 4.78 is 29.9. The van der Waals surface area contributed by atoms with Crippen molar-refractivity contribution in [2.45, 2.75) is 38.0 Å². The molecule has 0 bridgehead atoms. The van der Waals surface area contributed by atoms with E-state index in [4.69, 9.17) is 4.28 Å². The maximum Gasteiger partial charge on any atom is 0.358 e. The van der Waals surface area contributed by atoms with E-state index in [1.807, 2.05) is 48.5 Å². The highest BCUT2D eigenvalue weighted by Gasteiger charge is 2.16. The minimum atomic E-state index is -3.97. The molecule has 3 rings (SSSR count). The monoisotopic (exact) mass is 381 g/mol. The number of nitrogens with zero attached hydrogens (tertiary/aromatic N) is 1. The van der Waals surface area contributed by atoms with Crippen LogP contribution in [0, 0.1) is 0 Å². The lowest BCUT2D eigenvalue weighted by atomic mass is 9.97. The Balaban J connectivity index is 1.80. The zero-order valence-electron chi connectivity index (χ0n) is 15.7. The van der Waals surface area contributed by atoms with Crippen molar-refractivity contribution in [1.29, 1.82) is 0 Å². The molecule has 0 saturated heterocycles. The molecule has 0 radical (unpaired) electrons. The van der Waals surface area contributed by atoms with Crippen molar-refractivity contribution in [3.63, 3.8) is 0 Å².